The molecule has 0 spiro atoms. The number of carbonyl (C=O) groups excluding carboxylic acids is 1. The minimum atomic E-state index is -0.722. The minimum absolute atomic E-state index is 0.0463. The molecule has 1 rings (SSSR count). The van der Waals surface area contributed by atoms with Crippen LogP contribution in [0.1, 0.15) is 27.7 Å². The fourth-order valence-electron chi connectivity index (χ4n) is 1.10. The summed E-state index contributed by atoms with van der Waals surface area (Å²) in [5.74, 6) is -0.122. The van der Waals surface area contributed by atoms with Crippen LogP contribution in [0.4, 0.5) is 11.9 Å². The zero-order valence-electron chi connectivity index (χ0n) is 11.6. The first-order valence-corrected chi connectivity index (χ1v) is 5.92. The van der Waals surface area contributed by atoms with Gasteiger partial charge >= 0.3 is 6.01 Å². The summed E-state index contributed by atoms with van der Waals surface area (Å²) in [5.41, 5.74) is 10.1. The van der Waals surface area contributed by atoms with Crippen molar-refractivity contribution in [1.82, 2.24) is 15.0 Å². The highest BCUT2D eigenvalue weighted by Gasteiger charge is 2.25. The number of ether oxygens (including phenoxy) is 1. The molecule has 8 heteroatoms. The molecule has 0 aliphatic heterocycles. The van der Waals surface area contributed by atoms with Gasteiger partial charge in [-0.05, 0) is 27.7 Å². The van der Waals surface area contributed by atoms with E-state index in [0.29, 0.717) is 0 Å². The number of hydrogen-bond donors (Lipinski definition) is 3. The van der Waals surface area contributed by atoms with Crippen LogP contribution in [0, 0.1) is 5.41 Å². The highest BCUT2D eigenvalue weighted by atomic mass is 16.5. The number of carbonyl (C=O) groups is 1. The van der Waals surface area contributed by atoms with E-state index >= 15 is 0 Å². The molecule has 0 bridgehead atoms. The van der Waals surface area contributed by atoms with Gasteiger partial charge in [-0.1, -0.05) is 0 Å². The van der Waals surface area contributed by atoms with Gasteiger partial charge in [0.1, 0.15) is 0 Å². The van der Waals surface area contributed by atoms with Gasteiger partial charge in [0, 0.05) is 6.54 Å². The van der Waals surface area contributed by atoms with Crippen molar-refractivity contribution in [3.63, 3.8) is 0 Å². The molecule has 1 aromatic rings. The Hall–Kier alpha value is -2.12. The van der Waals surface area contributed by atoms with Crippen molar-refractivity contribution in [2.45, 2.75) is 33.8 Å². The molecule has 8 nitrogen and oxygen atoms in total. The molecule has 1 aromatic heterocycles. The molecule has 0 unspecified atom stereocenters. The number of nitrogens with two attached hydrogens (primary N) is 2. The third-order valence-corrected chi connectivity index (χ3v) is 2.33. The lowest BCUT2D eigenvalue weighted by atomic mass is 9.93. The molecule has 1 amide bonds. The lowest BCUT2D eigenvalue weighted by Gasteiger charge is -2.20. The maximum atomic E-state index is 11.2. The Morgan fingerprint density at radius 2 is 2.00 bits per heavy atom. The second-order valence-electron chi connectivity index (χ2n) is 5.07. The summed E-state index contributed by atoms with van der Waals surface area (Å²) >= 11 is 0. The zero-order valence-corrected chi connectivity index (χ0v) is 11.6. The normalized spacial score (nSPS) is 11.4. The molecule has 0 saturated heterocycles. The summed E-state index contributed by atoms with van der Waals surface area (Å²) in [6.07, 6.45) is -0.0725. The summed E-state index contributed by atoms with van der Waals surface area (Å²) in [4.78, 5) is 23.0. The zero-order chi connectivity index (χ0) is 14.6. The van der Waals surface area contributed by atoms with E-state index in [1.165, 1.54) is 0 Å². The van der Waals surface area contributed by atoms with Gasteiger partial charge in [-0.3, -0.25) is 4.79 Å². The van der Waals surface area contributed by atoms with Crippen LogP contribution in [-0.2, 0) is 4.79 Å². The Morgan fingerprint density at radius 3 is 2.53 bits per heavy atom. The highest BCUT2D eigenvalue weighted by molar-refractivity contribution is 5.80. The fraction of sp³-hybridized carbons (Fsp3) is 0.636. The molecular formula is C11H20N6O2. The quantitative estimate of drug-likeness (QED) is 0.670. The molecule has 5 N–H and O–H groups in total. The van der Waals surface area contributed by atoms with Gasteiger partial charge in [-0.25, -0.2) is 0 Å². The number of nitrogens with zero attached hydrogens (tertiary/aromatic N) is 3. The summed E-state index contributed by atoms with van der Waals surface area (Å²) in [6.45, 7) is 7.43. The van der Waals surface area contributed by atoms with E-state index in [9.17, 15) is 4.79 Å². The number of aromatic nitrogens is 3. The van der Waals surface area contributed by atoms with Crippen LogP contribution in [-0.4, -0.2) is 33.5 Å². The summed E-state index contributed by atoms with van der Waals surface area (Å²) in [7, 11) is 0. The SMILES string of the molecule is CC(C)Oc1nc(N)nc(NCC(C)(C)C(N)=O)n1. The first-order valence-electron chi connectivity index (χ1n) is 5.92. The van der Waals surface area contributed by atoms with Crippen molar-refractivity contribution in [3.05, 3.63) is 0 Å². The summed E-state index contributed by atoms with van der Waals surface area (Å²) in [5, 5.41) is 2.90. The first-order chi connectivity index (χ1) is 8.70. The Morgan fingerprint density at radius 1 is 1.37 bits per heavy atom. The topological polar surface area (TPSA) is 129 Å². The van der Waals surface area contributed by atoms with Crippen molar-refractivity contribution in [2.75, 3.05) is 17.6 Å². The maximum absolute atomic E-state index is 11.2. The number of hydrogen-bond acceptors (Lipinski definition) is 7. The fourth-order valence-corrected chi connectivity index (χ4v) is 1.10. The average Bonchev–Trinajstić information content (AvgIpc) is 2.24. The molecule has 0 aliphatic carbocycles. The summed E-state index contributed by atoms with van der Waals surface area (Å²) < 4.78 is 5.34. The van der Waals surface area contributed by atoms with E-state index in [4.69, 9.17) is 16.2 Å². The van der Waals surface area contributed by atoms with Crippen LogP contribution < -0.4 is 21.5 Å². The lowest BCUT2D eigenvalue weighted by molar-refractivity contribution is -0.125. The van der Waals surface area contributed by atoms with Gasteiger partial charge in [-0.15, -0.1) is 0 Å². The molecule has 0 aromatic carbocycles. The standard InChI is InChI=1S/C11H20N6O2/c1-6(2)19-10-16-8(13)15-9(17-10)14-5-11(3,4)7(12)18/h6H,5H2,1-4H3,(H2,12,18)(H3,13,14,15,16,17). The number of primary amides is 1. The third kappa shape index (κ3) is 4.57. The van der Waals surface area contributed by atoms with Crippen LogP contribution in [0.5, 0.6) is 6.01 Å². The number of nitrogens with one attached hydrogen (secondary N) is 1. The van der Waals surface area contributed by atoms with Gasteiger partial charge in [0.2, 0.25) is 17.8 Å². The first kappa shape index (κ1) is 14.9. The molecule has 0 radical (unpaired) electrons. The second-order valence-corrected chi connectivity index (χ2v) is 5.07. The molecule has 19 heavy (non-hydrogen) atoms. The van der Waals surface area contributed by atoms with E-state index in [-0.39, 0.29) is 30.6 Å². The van der Waals surface area contributed by atoms with Crippen LogP contribution >= 0.6 is 0 Å². The van der Waals surface area contributed by atoms with Gasteiger partial charge < -0.3 is 21.5 Å². The van der Waals surface area contributed by atoms with Gasteiger partial charge in [0.05, 0.1) is 11.5 Å². The Bertz CT molecular complexity index is 460. The molecule has 1 heterocycles. The number of rotatable bonds is 6. The van der Waals surface area contributed by atoms with E-state index in [1.54, 1.807) is 13.8 Å². The van der Waals surface area contributed by atoms with Crippen molar-refractivity contribution in [3.8, 4) is 6.01 Å². The Balaban J connectivity index is 2.79. The highest BCUT2D eigenvalue weighted by Crippen LogP contribution is 2.16. The van der Waals surface area contributed by atoms with Gasteiger partial charge in [-0.2, -0.15) is 15.0 Å². The van der Waals surface area contributed by atoms with Crippen LogP contribution in [0.15, 0.2) is 0 Å². The predicted octanol–water partition coefficient (Wildman–Crippen LogP) is 0.164. The third-order valence-electron chi connectivity index (χ3n) is 2.33. The Kier molecular flexibility index (Phi) is 4.47. The van der Waals surface area contributed by atoms with E-state index in [1.807, 2.05) is 13.8 Å². The van der Waals surface area contributed by atoms with Crippen molar-refractivity contribution in [1.29, 1.82) is 0 Å². The second kappa shape index (κ2) is 5.68. The van der Waals surface area contributed by atoms with Gasteiger partial charge in [0.25, 0.3) is 0 Å². The predicted molar refractivity (Wildman–Crippen MR) is 71.5 cm³/mol. The van der Waals surface area contributed by atoms with Crippen molar-refractivity contribution in [2.24, 2.45) is 11.1 Å². The Labute approximate surface area is 112 Å². The maximum Gasteiger partial charge on any atom is 0.323 e. The largest absolute Gasteiger partial charge is 0.461 e. The monoisotopic (exact) mass is 268 g/mol. The van der Waals surface area contributed by atoms with E-state index in [2.05, 4.69) is 20.3 Å². The van der Waals surface area contributed by atoms with Crippen molar-refractivity contribution < 1.29 is 9.53 Å². The number of anilines is 2. The van der Waals surface area contributed by atoms with Gasteiger partial charge in [0.15, 0.2) is 0 Å². The van der Waals surface area contributed by atoms with E-state index in [0.717, 1.165) is 0 Å². The summed E-state index contributed by atoms with van der Waals surface area (Å²) in [6, 6.07) is 0.141. The molecule has 0 saturated carbocycles. The molecule has 0 atom stereocenters. The molecule has 0 aliphatic rings. The van der Waals surface area contributed by atoms with Crippen LogP contribution in [0.2, 0.25) is 0 Å². The molecule has 106 valence electrons. The van der Waals surface area contributed by atoms with Crippen LogP contribution in [0.3, 0.4) is 0 Å². The molecular weight excluding hydrogens is 248 g/mol. The van der Waals surface area contributed by atoms with Crippen LogP contribution in [0.25, 0.3) is 0 Å². The lowest BCUT2D eigenvalue weighted by Crippen LogP contribution is -2.37. The van der Waals surface area contributed by atoms with Crippen molar-refractivity contribution >= 4 is 17.8 Å². The smallest absolute Gasteiger partial charge is 0.323 e. The average molecular weight is 268 g/mol. The number of nitrogen functional groups attached to an aromatic ring is 1. The van der Waals surface area contributed by atoms with E-state index < -0.39 is 11.3 Å². The number of amides is 1. The molecule has 0 fully saturated rings. The minimum Gasteiger partial charge on any atom is -0.461 e.